The number of halogens is 3. The molecule has 0 aliphatic rings. The van der Waals surface area contributed by atoms with Gasteiger partial charge in [0, 0.05) is 0 Å². The van der Waals surface area contributed by atoms with Gasteiger partial charge in [0.1, 0.15) is 0 Å². The van der Waals surface area contributed by atoms with Crippen LogP contribution in [0.1, 0.15) is 0 Å². The molecule has 0 saturated carbocycles. The van der Waals surface area contributed by atoms with Crippen molar-refractivity contribution in [3.63, 3.8) is 0 Å². The Bertz CT molecular complexity index is 204. The fraction of sp³-hybridized carbons (Fsp3) is 0.333. The molecule has 0 saturated heterocycles. The molecule has 0 atom stereocenters. The highest BCUT2D eigenvalue weighted by molar-refractivity contribution is 7.11. The maximum atomic E-state index is 11.5. The molecule has 1 heterocycles. The molecule has 1 aromatic heterocycles. The number of rotatable bonds is 2. The molecule has 5 heteroatoms. The molecule has 1 aromatic rings. The third-order valence-corrected chi connectivity index (χ3v) is 1.65. The molecule has 0 radical (unpaired) electrons. The van der Waals surface area contributed by atoms with Gasteiger partial charge in [0.05, 0.1) is 0 Å². The fourth-order valence-corrected chi connectivity index (χ4v) is 1.07. The van der Waals surface area contributed by atoms with Crippen LogP contribution < -0.4 is 4.74 Å². The van der Waals surface area contributed by atoms with Gasteiger partial charge < -0.3 is 4.74 Å². The lowest BCUT2D eigenvalue weighted by atomic mass is 10.6. The van der Waals surface area contributed by atoms with Gasteiger partial charge in [-0.2, -0.15) is 13.2 Å². The zero-order chi connectivity index (χ0) is 8.32. The summed E-state index contributed by atoms with van der Waals surface area (Å²) in [4.78, 5) is 0. The molecular formula is C6H5F3OS. The van der Waals surface area contributed by atoms with Crippen molar-refractivity contribution in [2.24, 2.45) is 0 Å². The molecule has 0 aliphatic heterocycles. The lowest BCUT2D eigenvalue weighted by Gasteiger charge is -2.05. The number of hydrogen-bond donors (Lipinski definition) is 0. The van der Waals surface area contributed by atoms with Gasteiger partial charge in [-0.3, -0.25) is 0 Å². The monoisotopic (exact) mass is 182 g/mol. The minimum Gasteiger partial charge on any atom is -0.475 e. The van der Waals surface area contributed by atoms with Crippen molar-refractivity contribution in [3.05, 3.63) is 17.5 Å². The smallest absolute Gasteiger partial charge is 0.422 e. The molecule has 0 unspecified atom stereocenters. The summed E-state index contributed by atoms with van der Waals surface area (Å²) in [7, 11) is 0. The van der Waals surface area contributed by atoms with E-state index in [4.69, 9.17) is 0 Å². The lowest BCUT2D eigenvalue weighted by Crippen LogP contribution is -2.18. The van der Waals surface area contributed by atoms with Gasteiger partial charge in [-0.1, -0.05) is 0 Å². The van der Waals surface area contributed by atoms with Gasteiger partial charge in [-0.15, -0.1) is 11.3 Å². The van der Waals surface area contributed by atoms with E-state index >= 15 is 0 Å². The number of alkyl halides is 3. The number of hydrogen-bond acceptors (Lipinski definition) is 2. The fourth-order valence-electron chi connectivity index (χ4n) is 0.499. The molecule has 1 rings (SSSR count). The molecule has 0 aliphatic carbocycles. The quantitative estimate of drug-likeness (QED) is 0.683. The van der Waals surface area contributed by atoms with Crippen molar-refractivity contribution in [2.75, 3.05) is 6.61 Å². The zero-order valence-electron chi connectivity index (χ0n) is 5.39. The third kappa shape index (κ3) is 3.27. The van der Waals surface area contributed by atoms with Crippen LogP contribution in [-0.4, -0.2) is 12.8 Å². The van der Waals surface area contributed by atoms with E-state index < -0.39 is 12.8 Å². The SMILES string of the molecule is FC(F)(F)COc1cccs1. The summed E-state index contributed by atoms with van der Waals surface area (Å²) in [6.45, 7) is -1.21. The number of ether oxygens (including phenoxy) is 1. The Morgan fingerprint density at radius 2 is 2.18 bits per heavy atom. The van der Waals surface area contributed by atoms with E-state index in [1.54, 1.807) is 11.4 Å². The predicted octanol–water partition coefficient (Wildman–Crippen LogP) is 2.69. The summed E-state index contributed by atoms with van der Waals surface area (Å²) < 4.78 is 39.0. The summed E-state index contributed by atoms with van der Waals surface area (Å²) in [5, 5.41) is 1.95. The van der Waals surface area contributed by atoms with E-state index in [1.807, 2.05) is 0 Å². The summed E-state index contributed by atoms with van der Waals surface area (Å²) in [5.41, 5.74) is 0. The van der Waals surface area contributed by atoms with E-state index in [9.17, 15) is 13.2 Å². The Balaban J connectivity index is 2.35. The van der Waals surface area contributed by atoms with E-state index in [0.717, 1.165) is 11.3 Å². The molecule has 1 nitrogen and oxygen atoms in total. The van der Waals surface area contributed by atoms with Gasteiger partial charge in [0.25, 0.3) is 0 Å². The highest BCUT2D eigenvalue weighted by atomic mass is 32.1. The standard InChI is InChI=1S/C6H5F3OS/c7-6(8,9)4-10-5-2-1-3-11-5/h1-3H,4H2. The van der Waals surface area contributed by atoms with Crippen LogP contribution in [0.5, 0.6) is 5.06 Å². The molecule has 0 spiro atoms. The van der Waals surface area contributed by atoms with Crippen LogP contribution in [0.15, 0.2) is 17.5 Å². The minimum atomic E-state index is -4.25. The second-order valence-electron chi connectivity index (χ2n) is 1.84. The van der Waals surface area contributed by atoms with Crippen LogP contribution in [0.4, 0.5) is 13.2 Å². The lowest BCUT2D eigenvalue weighted by molar-refractivity contribution is -0.152. The van der Waals surface area contributed by atoms with Crippen molar-refractivity contribution >= 4 is 11.3 Å². The van der Waals surface area contributed by atoms with E-state index in [-0.39, 0.29) is 0 Å². The average Bonchev–Trinajstić information content (AvgIpc) is 2.32. The summed E-state index contributed by atoms with van der Waals surface area (Å²) in [6.07, 6.45) is -4.25. The zero-order valence-corrected chi connectivity index (χ0v) is 6.21. The topological polar surface area (TPSA) is 9.23 Å². The van der Waals surface area contributed by atoms with Gasteiger partial charge in [-0.05, 0) is 17.5 Å². The van der Waals surface area contributed by atoms with Crippen LogP contribution >= 0.6 is 11.3 Å². The molecule has 0 N–H and O–H groups in total. The largest absolute Gasteiger partial charge is 0.475 e. The predicted molar refractivity (Wildman–Crippen MR) is 35.9 cm³/mol. The third-order valence-electron chi connectivity index (χ3n) is 0.873. The molecular weight excluding hydrogens is 177 g/mol. The Morgan fingerprint density at radius 1 is 1.45 bits per heavy atom. The normalized spacial score (nSPS) is 11.5. The molecule has 0 fully saturated rings. The van der Waals surface area contributed by atoms with Crippen LogP contribution in [0.2, 0.25) is 0 Å². The minimum absolute atomic E-state index is 0.294. The Morgan fingerprint density at radius 3 is 2.64 bits per heavy atom. The van der Waals surface area contributed by atoms with Crippen molar-refractivity contribution in [1.82, 2.24) is 0 Å². The highest BCUT2D eigenvalue weighted by Gasteiger charge is 2.28. The molecule has 11 heavy (non-hydrogen) atoms. The van der Waals surface area contributed by atoms with Crippen molar-refractivity contribution in [2.45, 2.75) is 6.18 Å². The first-order valence-electron chi connectivity index (χ1n) is 2.81. The Labute approximate surface area is 65.4 Å². The van der Waals surface area contributed by atoms with Crippen molar-refractivity contribution < 1.29 is 17.9 Å². The molecule has 0 amide bonds. The second kappa shape index (κ2) is 3.13. The highest BCUT2D eigenvalue weighted by Crippen LogP contribution is 2.22. The van der Waals surface area contributed by atoms with Gasteiger partial charge >= 0.3 is 6.18 Å². The van der Waals surface area contributed by atoms with Crippen LogP contribution in [0.25, 0.3) is 0 Å². The first-order chi connectivity index (χ1) is 5.08. The van der Waals surface area contributed by atoms with Gasteiger partial charge in [-0.25, -0.2) is 0 Å². The molecule has 62 valence electrons. The summed E-state index contributed by atoms with van der Waals surface area (Å²) in [6, 6.07) is 3.13. The molecule has 0 bridgehead atoms. The van der Waals surface area contributed by atoms with Crippen LogP contribution in [0.3, 0.4) is 0 Å². The maximum Gasteiger partial charge on any atom is 0.422 e. The number of thiophene rings is 1. The maximum absolute atomic E-state index is 11.5. The van der Waals surface area contributed by atoms with Gasteiger partial charge in [0.15, 0.2) is 11.7 Å². The van der Waals surface area contributed by atoms with Crippen LogP contribution in [-0.2, 0) is 0 Å². The summed E-state index contributed by atoms with van der Waals surface area (Å²) in [5.74, 6) is 0. The van der Waals surface area contributed by atoms with E-state index in [0.29, 0.717) is 5.06 Å². The van der Waals surface area contributed by atoms with Crippen molar-refractivity contribution in [1.29, 1.82) is 0 Å². The van der Waals surface area contributed by atoms with Gasteiger partial charge in [0.2, 0.25) is 0 Å². The first kappa shape index (κ1) is 8.39. The second-order valence-corrected chi connectivity index (χ2v) is 2.75. The first-order valence-corrected chi connectivity index (χ1v) is 3.69. The van der Waals surface area contributed by atoms with Crippen molar-refractivity contribution in [3.8, 4) is 5.06 Å². The van der Waals surface area contributed by atoms with E-state index in [1.165, 1.54) is 6.07 Å². The summed E-state index contributed by atoms with van der Waals surface area (Å²) >= 11 is 1.14. The Hall–Kier alpha value is -0.710. The van der Waals surface area contributed by atoms with E-state index in [2.05, 4.69) is 4.74 Å². The van der Waals surface area contributed by atoms with Crippen LogP contribution in [0, 0.1) is 0 Å². The Kier molecular flexibility index (Phi) is 2.38. The average molecular weight is 182 g/mol. The molecule has 0 aromatic carbocycles.